The fourth-order valence-electron chi connectivity index (χ4n) is 2.22. The molecule has 2 aromatic rings. The average Bonchev–Trinajstić information content (AvgIpc) is 2.39. The van der Waals surface area contributed by atoms with Crippen molar-refractivity contribution in [2.24, 2.45) is 0 Å². The summed E-state index contributed by atoms with van der Waals surface area (Å²) in [5.74, 6) is -1.40. The van der Waals surface area contributed by atoms with E-state index in [1.807, 2.05) is 24.3 Å². The maximum atomic E-state index is 11.2. The molecule has 2 aromatic carbocycles. The number of rotatable bonds is 3. The summed E-state index contributed by atoms with van der Waals surface area (Å²) < 4.78 is 0. The van der Waals surface area contributed by atoms with Gasteiger partial charge in [0.25, 0.3) is 0 Å². The van der Waals surface area contributed by atoms with Crippen LogP contribution in [0.4, 0.5) is 0 Å². The van der Waals surface area contributed by atoms with Gasteiger partial charge in [0.05, 0.1) is 12.5 Å². The molecule has 0 aliphatic heterocycles. The van der Waals surface area contributed by atoms with Gasteiger partial charge in [-0.15, -0.1) is 0 Å². The molecule has 0 heterocycles. The lowest BCUT2D eigenvalue weighted by Gasteiger charge is -2.11. The lowest BCUT2D eigenvalue weighted by atomic mass is 9.94. The third kappa shape index (κ3) is 2.47. The quantitative estimate of drug-likeness (QED) is 0.895. The number of benzene rings is 2. The summed E-state index contributed by atoms with van der Waals surface area (Å²) in [5, 5.41) is 27.5. The zero-order valence-electron chi connectivity index (χ0n) is 10.9. The van der Waals surface area contributed by atoms with Crippen LogP contribution in [0.25, 0.3) is 11.1 Å². The Bertz CT molecular complexity index is 714. The Kier molecular flexibility index (Phi) is 3.72. The monoisotopic (exact) mass is 267 g/mol. The maximum Gasteiger partial charge on any atom is 0.339 e. The molecule has 0 atom stereocenters. The van der Waals surface area contributed by atoms with Crippen molar-refractivity contribution in [1.82, 2.24) is 0 Å². The minimum Gasteiger partial charge on any atom is -0.507 e. The zero-order valence-corrected chi connectivity index (χ0v) is 10.9. The van der Waals surface area contributed by atoms with Crippen molar-refractivity contribution in [3.8, 4) is 22.9 Å². The third-order valence-electron chi connectivity index (χ3n) is 3.18. The second kappa shape index (κ2) is 5.45. The van der Waals surface area contributed by atoms with Crippen molar-refractivity contribution in [3.63, 3.8) is 0 Å². The first-order valence-corrected chi connectivity index (χ1v) is 6.06. The first-order valence-electron chi connectivity index (χ1n) is 6.06. The SMILES string of the molecule is Cc1c(-c2cccc(CC#N)c2)ccc(O)c1C(=O)O. The number of aromatic hydroxyl groups is 1. The fraction of sp³-hybridized carbons (Fsp3) is 0.125. The second-order valence-corrected chi connectivity index (χ2v) is 4.47. The number of nitriles is 1. The molecule has 100 valence electrons. The van der Waals surface area contributed by atoms with Gasteiger partial charge in [-0.2, -0.15) is 5.26 Å². The van der Waals surface area contributed by atoms with Crippen LogP contribution in [0.15, 0.2) is 36.4 Å². The molecule has 0 aromatic heterocycles. The summed E-state index contributed by atoms with van der Waals surface area (Å²) in [5.41, 5.74) is 2.85. The Morgan fingerprint density at radius 2 is 2.05 bits per heavy atom. The Morgan fingerprint density at radius 1 is 1.30 bits per heavy atom. The number of phenols is 1. The Morgan fingerprint density at radius 3 is 2.70 bits per heavy atom. The number of carboxylic acid groups (broad SMARTS) is 1. The summed E-state index contributed by atoms with van der Waals surface area (Å²) >= 11 is 0. The van der Waals surface area contributed by atoms with Crippen molar-refractivity contribution in [2.75, 3.05) is 0 Å². The first kappa shape index (κ1) is 13.6. The highest BCUT2D eigenvalue weighted by atomic mass is 16.4. The Hall–Kier alpha value is -2.80. The smallest absolute Gasteiger partial charge is 0.339 e. The van der Waals surface area contributed by atoms with E-state index in [1.54, 1.807) is 13.0 Å². The number of hydrogen-bond donors (Lipinski definition) is 2. The number of nitrogens with zero attached hydrogens (tertiary/aromatic N) is 1. The van der Waals surface area contributed by atoms with Crippen LogP contribution in [0.3, 0.4) is 0 Å². The molecule has 0 aliphatic rings. The molecular weight excluding hydrogens is 254 g/mol. The van der Waals surface area contributed by atoms with Gasteiger partial charge in [0.2, 0.25) is 0 Å². The highest BCUT2D eigenvalue weighted by molar-refractivity contribution is 5.95. The largest absolute Gasteiger partial charge is 0.507 e. The molecule has 0 fully saturated rings. The molecule has 0 saturated carbocycles. The van der Waals surface area contributed by atoms with Crippen LogP contribution in [0.1, 0.15) is 21.5 Å². The summed E-state index contributed by atoms with van der Waals surface area (Å²) in [6.07, 6.45) is 0.302. The molecule has 0 unspecified atom stereocenters. The minimum atomic E-state index is -1.16. The number of carbonyl (C=O) groups is 1. The summed E-state index contributed by atoms with van der Waals surface area (Å²) in [6, 6.07) is 12.5. The van der Waals surface area contributed by atoms with Crippen molar-refractivity contribution in [1.29, 1.82) is 5.26 Å². The van der Waals surface area contributed by atoms with Crippen LogP contribution in [-0.4, -0.2) is 16.2 Å². The van der Waals surface area contributed by atoms with Gasteiger partial charge in [0.15, 0.2) is 0 Å². The van der Waals surface area contributed by atoms with Gasteiger partial charge in [0.1, 0.15) is 11.3 Å². The second-order valence-electron chi connectivity index (χ2n) is 4.47. The lowest BCUT2D eigenvalue weighted by molar-refractivity contribution is 0.0693. The van der Waals surface area contributed by atoms with E-state index in [9.17, 15) is 9.90 Å². The molecule has 0 radical (unpaired) electrons. The van der Waals surface area contributed by atoms with E-state index in [2.05, 4.69) is 6.07 Å². The molecule has 2 rings (SSSR count). The Labute approximate surface area is 116 Å². The molecule has 20 heavy (non-hydrogen) atoms. The number of aromatic carboxylic acids is 1. The molecular formula is C16H13NO3. The molecule has 4 heteroatoms. The van der Waals surface area contributed by atoms with E-state index in [4.69, 9.17) is 10.4 Å². The summed E-state index contributed by atoms with van der Waals surface area (Å²) in [6.45, 7) is 1.66. The van der Waals surface area contributed by atoms with Crippen molar-refractivity contribution in [3.05, 3.63) is 53.1 Å². The van der Waals surface area contributed by atoms with Crippen LogP contribution >= 0.6 is 0 Å². The fourth-order valence-corrected chi connectivity index (χ4v) is 2.22. The standard InChI is InChI=1S/C16H13NO3/c1-10-13(5-6-14(18)15(10)16(19)20)12-4-2-3-11(9-12)7-8-17/h2-6,9,18H,7H2,1H3,(H,19,20). The first-order chi connectivity index (χ1) is 9.54. The normalized spacial score (nSPS) is 10.0. The predicted octanol–water partition coefficient (Wildman–Crippen LogP) is 3.13. The average molecular weight is 267 g/mol. The summed E-state index contributed by atoms with van der Waals surface area (Å²) in [7, 11) is 0. The van der Waals surface area contributed by atoms with Gasteiger partial charge in [-0.25, -0.2) is 4.79 Å². The highest BCUT2D eigenvalue weighted by Crippen LogP contribution is 2.31. The maximum absolute atomic E-state index is 11.2. The molecule has 0 amide bonds. The van der Waals surface area contributed by atoms with Crippen LogP contribution in [0.5, 0.6) is 5.75 Å². The van der Waals surface area contributed by atoms with Crippen LogP contribution in [0, 0.1) is 18.3 Å². The minimum absolute atomic E-state index is 0.0896. The number of hydrogen-bond acceptors (Lipinski definition) is 3. The van der Waals surface area contributed by atoms with E-state index in [-0.39, 0.29) is 11.3 Å². The van der Waals surface area contributed by atoms with E-state index in [1.165, 1.54) is 6.07 Å². The van der Waals surface area contributed by atoms with E-state index in [0.717, 1.165) is 16.7 Å². The van der Waals surface area contributed by atoms with Crippen molar-refractivity contribution < 1.29 is 15.0 Å². The van der Waals surface area contributed by atoms with Gasteiger partial charge in [0, 0.05) is 0 Å². The summed E-state index contributed by atoms with van der Waals surface area (Å²) in [4.78, 5) is 11.2. The van der Waals surface area contributed by atoms with E-state index in [0.29, 0.717) is 12.0 Å². The van der Waals surface area contributed by atoms with Crippen LogP contribution < -0.4 is 0 Å². The molecule has 0 saturated heterocycles. The topological polar surface area (TPSA) is 81.3 Å². The van der Waals surface area contributed by atoms with E-state index >= 15 is 0 Å². The zero-order chi connectivity index (χ0) is 14.7. The van der Waals surface area contributed by atoms with Crippen molar-refractivity contribution in [2.45, 2.75) is 13.3 Å². The van der Waals surface area contributed by atoms with Crippen molar-refractivity contribution >= 4 is 5.97 Å². The third-order valence-corrected chi connectivity index (χ3v) is 3.18. The van der Waals surface area contributed by atoms with Gasteiger partial charge in [-0.05, 0) is 35.2 Å². The molecule has 0 bridgehead atoms. The van der Waals surface area contributed by atoms with E-state index < -0.39 is 5.97 Å². The molecule has 0 spiro atoms. The molecule has 2 N–H and O–H groups in total. The Balaban J connectivity index is 2.59. The van der Waals surface area contributed by atoms with Crippen LogP contribution in [0.2, 0.25) is 0 Å². The van der Waals surface area contributed by atoms with Gasteiger partial charge < -0.3 is 10.2 Å². The van der Waals surface area contributed by atoms with Crippen LogP contribution in [-0.2, 0) is 6.42 Å². The lowest BCUT2D eigenvalue weighted by Crippen LogP contribution is -2.01. The predicted molar refractivity (Wildman–Crippen MR) is 74.6 cm³/mol. The number of carboxylic acids is 1. The molecule has 0 aliphatic carbocycles. The molecule has 4 nitrogen and oxygen atoms in total. The van der Waals surface area contributed by atoms with Gasteiger partial charge >= 0.3 is 5.97 Å². The van der Waals surface area contributed by atoms with Gasteiger partial charge in [-0.3, -0.25) is 0 Å². The highest BCUT2D eigenvalue weighted by Gasteiger charge is 2.16. The van der Waals surface area contributed by atoms with Gasteiger partial charge in [-0.1, -0.05) is 30.3 Å².